The summed E-state index contributed by atoms with van der Waals surface area (Å²) in [5.74, 6) is 0.972. The van der Waals surface area contributed by atoms with Crippen LogP contribution in [-0.4, -0.2) is 60.9 Å². The van der Waals surface area contributed by atoms with Crippen LogP contribution in [0.5, 0.6) is 0 Å². The van der Waals surface area contributed by atoms with Crippen LogP contribution < -0.4 is 5.32 Å². The molecule has 3 fully saturated rings. The highest BCUT2D eigenvalue weighted by Gasteiger charge is 2.56. The number of nitrogens with one attached hydrogen (secondary N) is 1. The lowest BCUT2D eigenvalue weighted by molar-refractivity contribution is -0.210. The van der Waals surface area contributed by atoms with Crippen molar-refractivity contribution in [2.75, 3.05) is 32.8 Å². The van der Waals surface area contributed by atoms with Crippen molar-refractivity contribution in [2.45, 2.75) is 57.7 Å². The second-order valence-electron chi connectivity index (χ2n) is 7.21. The second kappa shape index (κ2) is 8.15. The average molecular weight is 347 g/mol. The van der Waals surface area contributed by atoms with Crippen LogP contribution in [-0.2, 0) is 9.53 Å². The van der Waals surface area contributed by atoms with Gasteiger partial charge in [-0.25, -0.2) is 0 Å². The minimum Gasteiger partial charge on any atom is -0.392 e. The molecule has 1 spiro atoms. The van der Waals surface area contributed by atoms with Crippen molar-refractivity contribution >= 4 is 18.3 Å². The molecule has 3 unspecified atom stereocenters. The molecule has 0 aromatic rings. The van der Waals surface area contributed by atoms with Gasteiger partial charge in [0, 0.05) is 38.0 Å². The fourth-order valence-electron chi connectivity index (χ4n) is 4.44. The van der Waals surface area contributed by atoms with Crippen LogP contribution in [0.1, 0.15) is 45.4 Å². The summed E-state index contributed by atoms with van der Waals surface area (Å²) < 4.78 is 5.78. The van der Waals surface area contributed by atoms with Gasteiger partial charge < -0.3 is 20.1 Å². The van der Waals surface area contributed by atoms with E-state index in [-0.39, 0.29) is 30.0 Å². The van der Waals surface area contributed by atoms with Crippen LogP contribution in [0, 0.1) is 11.3 Å². The van der Waals surface area contributed by atoms with E-state index in [4.69, 9.17) is 4.74 Å². The Bertz CT molecular complexity index is 391. The predicted octanol–water partition coefficient (Wildman–Crippen LogP) is 1.58. The summed E-state index contributed by atoms with van der Waals surface area (Å²) in [4.78, 5) is 14.4. The number of aliphatic hydroxyl groups excluding tert-OH is 1. The zero-order valence-corrected chi connectivity index (χ0v) is 14.9. The lowest BCUT2D eigenvalue weighted by atomic mass is 9.58. The molecule has 3 rings (SSSR count). The van der Waals surface area contributed by atoms with E-state index in [2.05, 4.69) is 5.32 Å². The fraction of sp³-hybridized carbons (Fsp3) is 0.941. The third kappa shape index (κ3) is 3.84. The van der Waals surface area contributed by atoms with Crippen LogP contribution >= 0.6 is 12.4 Å². The van der Waals surface area contributed by atoms with Gasteiger partial charge >= 0.3 is 0 Å². The third-order valence-electron chi connectivity index (χ3n) is 6.09. The van der Waals surface area contributed by atoms with Crippen LogP contribution in [0.25, 0.3) is 0 Å². The maximum absolute atomic E-state index is 12.4. The highest BCUT2D eigenvalue weighted by atomic mass is 35.5. The quantitative estimate of drug-likeness (QED) is 0.793. The maximum Gasteiger partial charge on any atom is 0.222 e. The van der Waals surface area contributed by atoms with Crippen molar-refractivity contribution in [2.24, 2.45) is 11.3 Å². The molecule has 2 saturated heterocycles. The lowest BCUT2D eigenvalue weighted by Gasteiger charge is -2.56. The summed E-state index contributed by atoms with van der Waals surface area (Å²) in [6.07, 6.45) is 5.37. The second-order valence-corrected chi connectivity index (χ2v) is 7.21. The molecule has 2 N–H and O–H groups in total. The summed E-state index contributed by atoms with van der Waals surface area (Å²) >= 11 is 0. The van der Waals surface area contributed by atoms with Crippen molar-refractivity contribution in [3.8, 4) is 0 Å². The normalized spacial score (nSPS) is 32.4. The third-order valence-corrected chi connectivity index (χ3v) is 6.09. The van der Waals surface area contributed by atoms with Gasteiger partial charge in [-0.3, -0.25) is 4.79 Å². The van der Waals surface area contributed by atoms with Gasteiger partial charge in [0.25, 0.3) is 0 Å². The van der Waals surface area contributed by atoms with Gasteiger partial charge in [0.1, 0.15) is 0 Å². The monoisotopic (exact) mass is 346 g/mol. The summed E-state index contributed by atoms with van der Waals surface area (Å²) in [6, 6.07) is 0. The van der Waals surface area contributed by atoms with E-state index in [1.807, 2.05) is 11.8 Å². The summed E-state index contributed by atoms with van der Waals surface area (Å²) in [5, 5.41) is 13.6. The molecule has 3 atom stereocenters. The van der Waals surface area contributed by atoms with E-state index in [9.17, 15) is 9.90 Å². The topological polar surface area (TPSA) is 61.8 Å². The van der Waals surface area contributed by atoms with Gasteiger partial charge in [0.05, 0.1) is 12.2 Å². The molecule has 0 radical (unpaired) electrons. The number of carbonyl (C=O) groups is 1. The number of hydrogen-bond acceptors (Lipinski definition) is 4. The van der Waals surface area contributed by atoms with Crippen molar-refractivity contribution in [3.63, 3.8) is 0 Å². The molecule has 2 heterocycles. The molecule has 1 amide bonds. The highest BCUT2D eigenvalue weighted by molar-refractivity contribution is 5.85. The van der Waals surface area contributed by atoms with E-state index in [1.165, 1.54) is 6.42 Å². The smallest absolute Gasteiger partial charge is 0.222 e. The summed E-state index contributed by atoms with van der Waals surface area (Å²) in [7, 11) is 0. The Hall–Kier alpha value is -0.360. The van der Waals surface area contributed by atoms with Gasteiger partial charge in [-0.15, -0.1) is 12.4 Å². The Morgan fingerprint density at radius 2 is 2.13 bits per heavy atom. The first-order chi connectivity index (χ1) is 10.7. The van der Waals surface area contributed by atoms with E-state index in [0.29, 0.717) is 24.9 Å². The molecule has 1 aliphatic carbocycles. The minimum absolute atomic E-state index is 0. The zero-order chi connectivity index (χ0) is 15.6. The fourth-order valence-corrected chi connectivity index (χ4v) is 4.44. The van der Waals surface area contributed by atoms with Gasteiger partial charge in [0.15, 0.2) is 0 Å². The summed E-state index contributed by atoms with van der Waals surface area (Å²) in [5.41, 5.74) is -0.0812. The Morgan fingerprint density at radius 3 is 2.70 bits per heavy atom. The molecule has 2 aliphatic heterocycles. The van der Waals surface area contributed by atoms with E-state index in [1.54, 1.807) is 0 Å². The largest absolute Gasteiger partial charge is 0.392 e. The molecule has 0 aromatic carbocycles. The van der Waals surface area contributed by atoms with Crippen LogP contribution in [0.2, 0.25) is 0 Å². The van der Waals surface area contributed by atoms with Crippen molar-refractivity contribution in [1.82, 2.24) is 10.2 Å². The Labute approximate surface area is 145 Å². The SMILES string of the molecule is CCOC1CC(O)C12CCN(C(=O)CCC1CCNC1)CC2.Cl. The average Bonchev–Trinajstić information content (AvgIpc) is 3.06. The molecule has 6 heteroatoms. The maximum atomic E-state index is 12.4. The minimum atomic E-state index is -0.245. The number of amides is 1. The van der Waals surface area contributed by atoms with Gasteiger partial charge in [0.2, 0.25) is 5.91 Å². The number of rotatable bonds is 5. The number of carbonyl (C=O) groups excluding carboxylic acids is 1. The van der Waals surface area contributed by atoms with Crippen molar-refractivity contribution < 1.29 is 14.6 Å². The standard InChI is InChI=1S/C17H30N2O3.ClH/c1-2-22-15-11-14(20)17(15)6-9-19(10-7-17)16(21)4-3-13-5-8-18-12-13;/h13-15,18,20H,2-12H2,1H3;1H. The summed E-state index contributed by atoms with van der Waals surface area (Å²) in [6.45, 7) is 6.44. The molecule has 0 bridgehead atoms. The van der Waals surface area contributed by atoms with E-state index < -0.39 is 0 Å². The number of nitrogens with zero attached hydrogens (tertiary/aromatic N) is 1. The number of piperidine rings is 1. The van der Waals surface area contributed by atoms with Crippen LogP contribution in [0.4, 0.5) is 0 Å². The number of ether oxygens (including phenoxy) is 1. The number of halogens is 1. The first kappa shape index (κ1) is 19.0. The number of aliphatic hydroxyl groups is 1. The zero-order valence-electron chi connectivity index (χ0n) is 14.1. The van der Waals surface area contributed by atoms with Crippen molar-refractivity contribution in [1.29, 1.82) is 0 Å². The molecule has 0 aromatic heterocycles. The molecular formula is C17H31ClN2O3. The predicted molar refractivity (Wildman–Crippen MR) is 91.7 cm³/mol. The Morgan fingerprint density at radius 1 is 1.39 bits per heavy atom. The first-order valence-corrected chi connectivity index (χ1v) is 8.94. The lowest BCUT2D eigenvalue weighted by Crippen LogP contribution is -2.62. The molecular weight excluding hydrogens is 316 g/mol. The van der Waals surface area contributed by atoms with Crippen molar-refractivity contribution in [3.05, 3.63) is 0 Å². The van der Waals surface area contributed by atoms with Crippen LogP contribution in [0.3, 0.4) is 0 Å². The highest BCUT2D eigenvalue weighted by Crippen LogP contribution is 2.50. The molecule has 3 aliphatic rings. The Balaban J connectivity index is 0.00000192. The van der Waals surface area contributed by atoms with Gasteiger partial charge in [-0.1, -0.05) is 0 Å². The molecule has 1 saturated carbocycles. The number of hydrogen-bond donors (Lipinski definition) is 2. The van der Waals surface area contributed by atoms with E-state index in [0.717, 1.165) is 51.9 Å². The molecule has 5 nitrogen and oxygen atoms in total. The molecule has 134 valence electrons. The van der Waals surface area contributed by atoms with Gasteiger partial charge in [-0.2, -0.15) is 0 Å². The first-order valence-electron chi connectivity index (χ1n) is 8.94. The van der Waals surface area contributed by atoms with E-state index >= 15 is 0 Å². The van der Waals surface area contributed by atoms with Gasteiger partial charge in [-0.05, 0) is 51.6 Å². The number of likely N-dealkylation sites (tertiary alicyclic amines) is 1. The Kier molecular flexibility index (Phi) is 6.72. The van der Waals surface area contributed by atoms with Crippen LogP contribution in [0.15, 0.2) is 0 Å². The molecule has 23 heavy (non-hydrogen) atoms.